The second kappa shape index (κ2) is 10.6. The normalized spacial score (nSPS) is 11.9. The Morgan fingerprint density at radius 2 is 2.18 bits per heavy atom. The molecule has 150 valence electrons. The Hall–Kier alpha value is -2.73. The molecule has 0 fully saturated rings. The lowest BCUT2D eigenvalue weighted by Crippen LogP contribution is -2.38. The molecule has 0 atom stereocenters. The van der Waals surface area contributed by atoms with Gasteiger partial charge < -0.3 is 24.8 Å². The average Bonchev–Trinajstić information content (AvgIpc) is 3.34. The fraction of sp³-hybridized carbons (Fsp3) is 0.409. The third-order valence-electron chi connectivity index (χ3n) is 4.50. The SMILES string of the molecule is CCNC(=NCCCOCc1ccco1)NCCc1c[nH]c2cc(C)ccc12. The number of guanidine groups is 1. The molecule has 3 rings (SSSR count). The van der Waals surface area contributed by atoms with E-state index in [0.717, 1.165) is 44.2 Å². The van der Waals surface area contributed by atoms with Gasteiger partial charge in [-0.05, 0) is 56.0 Å². The summed E-state index contributed by atoms with van der Waals surface area (Å²) < 4.78 is 10.8. The predicted molar refractivity (Wildman–Crippen MR) is 114 cm³/mol. The maximum absolute atomic E-state index is 5.59. The molecule has 0 saturated heterocycles. The van der Waals surface area contributed by atoms with Crippen LogP contribution in [0.25, 0.3) is 10.9 Å². The summed E-state index contributed by atoms with van der Waals surface area (Å²) in [4.78, 5) is 7.99. The highest BCUT2D eigenvalue weighted by Gasteiger charge is 2.04. The fourth-order valence-electron chi connectivity index (χ4n) is 3.09. The van der Waals surface area contributed by atoms with Crippen molar-refractivity contribution in [3.05, 3.63) is 59.7 Å². The number of aromatic amines is 1. The molecule has 2 aromatic heterocycles. The van der Waals surface area contributed by atoms with Crippen molar-refractivity contribution in [2.45, 2.75) is 33.3 Å². The summed E-state index contributed by atoms with van der Waals surface area (Å²) in [7, 11) is 0. The number of rotatable bonds is 10. The first-order valence-corrected chi connectivity index (χ1v) is 9.95. The minimum absolute atomic E-state index is 0.513. The van der Waals surface area contributed by atoms with Crippen LogP contribution in [0.15, 0.2) is 52.2 Å². The molecule has 0 unspecified atom stereocenters. The zero-order valence-corrected chi connectivity index (χ0v) is 16.8. The largest absolute Gasteiger partial charge is 0.467 e. The van der Waals surface area contributed by atoms with E-state index < -0.39 is 0 Å². The van der Waals surface area contributed by atoms with Crippen LogP contribution in [0.1, 0.15) is 30.2 Å². The van der Waals surface area contributed by atoms with Gasteiger partial charge in [0.1, 0.15) is 12.4 Å². The predicted octanol–water partition coefficient (Wildman–Crippen LogP) is 3.77. The smallest absolute Gasteiger partial charge is 0.191 e. The molecule has 0 aliphatic rings. The molecule has 3 N–H and O–H groups in total. The van der Waals surface area contributed by atoms with Gasteiger partial charge >= 0.3 is 0 Å². The first-order valence-electron chi connectivity index (χ1n) is 9.95. The Labute approximate surface area is 166 Å². The monoisotopic (exact) mass is 382 g/mol. The molecule has 0 spiro atoms. The summed E-state index contributed by atoms with van der Waals surface area (Å²) in [6.07, 6.45) is 5.58. The number of H-pyrrole nitrogens is 1. The van der Waals surface area contributed by atoms with Crippen LogP contribution in [0, 0.1) is 6.92 Å². The molecule has 0 amide bonds. The van der Waals surface area contributed by atoms with Crippen LogP contribution in [-0.4, -0.2) is 37.2 Å². The number of hydrogen-bond acceptors (Lipinski definition) is 3. The summed E-state index contributed by atoms with van der Waals surface area (Å²) in [6.45, 7) is 7.76. The fourth-order valence-corrected chi connectivity index (χ4v) is 3.09. The van der Waals surface area contributed by atoms with E-state index in [-0.39, 0.29) is 0 Å². The van der Waals surface area contributed by atoms with E-state index in [0.29, 0.717) is 13.2 Å². The molecule has 0 aliphatic carbocycles. The van der Waals surface area contributed by atoms with Crippen LogP contribution in [0.3, 0.4) is 0 Å². The Kier molecular flexibility index (Phi) is 7.55. The van der Waals surface area contributed by atoms with E-state index in [1.807, 2.05) is 12.1 Å². The zero-order valence-electron chi connectivity index (χ0n) is 16.8. The van der Waals surface area contributed by atoms with Crippen molar-refractivity contribution in [3.63, 3.8) is 0 Å². The minimum atomic E-state index is 0.513. The number of fused-ring (bicyclic) bond motifs is 1. The number of hydrogen-bond donors (Lipinski definition) is 3. The van der Waals surface area contributed by atoms with E-state index in [1.54, 1.807) is 6.26 Å². The van der Waals surface area contributed by atoms with Gasteiger partial charge in [-0.15, -0.1) is 0 Å². The number of aromatic nitrogens is 1. The topological polar surface area (TPSA) is 74.6 Å². The van der Waals surface area contributed by atoms with E-state index in [2.05, 4.69) is 58.9 Å². The molecule has 1 aromatic carbocycles. The van der Waals surface area contributed by atoms with E-state index in [4.69, 9.17) is 9.15 Å². The number of aryl methyl sites for hydroxylation is 1. The number of nitrogens with zero attached hydrogens (tertiary/aromatic N) is 1. The molecule has 28 heavy (non-hydrogen) atoms. The van der Waals surface area contributed by atoms with Gasteiger partial charge in [-0.3, -0.25) is 4.99 Å². The van der Waals surface area contributed by atoms with Gasteiger partial charge in [0.25, 0.3) is 0 Å². The lowest BCUT2D eigenvalue weighted by molar-refractivity contribution is 0.105. The number of furan rings is 1. The van der Waals surface area contributed by atoms with Gasteiger partial charge in [0, 0.05) is 43.3 Å². The third kappa shape index (κ3) is 5.89. The van der Waals surface area contributed by atoms with Gasteiger partial charge in [-0.1, -0.05) is 12.1 Å². The minimum Gasteiger partial charge on any atom is -0.467 e. The summed E-state index contributed by atoms with van der Waals surface area (Å²) in [5.74, 6) is 1.70. The van der Waals surface area contributed by atoms with Gasteiger partial charge in [0.2, 0.25) is 0 Å². The summed E-state index contributed by atoms with van der Waals surface area (Å²) in [6, 6.07) is 10.3. The summed E-state index contributed by atoms with van der Waals surface area (Å²) in [5.41, 5.74) is 3.79. The highest BCUT2D eigenvalue weighted by Crippen LogP contribution is 2.19. The Bertz CT molecular complexity index is 868. The Balaban J connectivity index is 1.40. The van der Waals surface area contributed by atoms with Crippen molar-refractivity contribution in [3.8, 4) is 0 Å². The number of benzene rings is 1. The van der Waals surface area contributed by atoms with Crippen LogP contribution in [0.2, 0.25) is 0 Å². The van der Waals surface area contributed by atoms with Crippen molar-refractivity contribution < 1.29 is 9.15 Å². The van der Waals surface area contributed by atoms with Crippen molar-refractivity contribution in [1.82, 2.24) is 15.6 Å². The van der Waals surface area contributed by atoms with Gasteiger partial charge in [0.15, 0.2) is 5.96 Å². The summed E-state index contributed by atoms with van der Waals surface area (Å²) in [5, 5.41) is 8.01. The first-order chi connectivity index (χ1) is 13.8. The Morgan fingerprint density at radius 1 is 1.25 bits per heavy atom. The van der Waals surface area contributed by atoms with Crippen LogP contribution in [-0.2, 0) is 17.8 Å². The van der Waals surface area contributed by atoms with Crippen LogP contribution in [0.5, 0.6) is 0 Å². The maximum atomic E-state index is 5.59. The molecule has 0 aliphatic heterocycles. The van der Waals surface area contributed by atoms with Crippen LogP contribution >= 0.6 is 0 Å². The molecule has 6 nitrogen and oxygen atoms in total. The van der Waals surface area contributed by atoms with Crippen LogP contribution in [0.4, 0.5) is 0 Å². The van der Waals surface area contributed by atoms with Crippen molar-refractivity contribution in [2.24, 2.45) is 4.99 Å². The van der Waals surface area contributed by atoms with E-state index >= 15 is 0 Å². The molecule has 3 aromatic rings. The van der Waals surface area contributed by atoms with Crippen molar-refractivity contribution >= 4 is 16.9 Å². The molecular formula is C22H30N4O2. The van der Waals surface area contributed by atoms with Crippen molar-refractivity contribution in [2.75, 3.05) is 26.2 Å². The van der Waals surface area contributed by atoms with Crippen LogP contribution < -0.4 is 10.6 Å². The standard InChI is InChI=1S/C22H30N4O2/c1-3-23-22(24-10-5-12-27-16-19-6-4-13-28-19)25-11-9-18-15-26-21-14-17(2)7-8-20(18)21/h4,6-8,13-15,26H,3,5,9-12,16H2,1-2H3,(H2,23,24,25). The third-order valence-corrected chi connectivity index (χ3v) is 4.50. The maximum Gasteiger partial charge on any atom is 0.191 e. The highest BCUT2D eigenvalue weighted by atomic mass is 16.5. The number of aliphatic imine (C=N–C) groups is 1. The molecule has 6 heteroatoms. The Morgan fingerprint density at radius 3 is 3.00 bits per heavy atom. The quantitative estimate of drug-likeness (QED) is 0.283. The average molecular weight is 383 g/mol. The van der Waals surface area contributed by atoms with Gasteiger partial charge in [-0.2, -0.15) is 0 Å². The molecule has 0 radical (unpaired) electrons. The lowest BCUT2D eigenvalue weighted by atomic mass is 10.1. The number of ether oxygens (including phenoxy) is 1. The highest BCUT2D eigenvalue weighted by molar-refractivity contribution is 5.84. The van der Waals surface area contributed by atoms with Gasteiger partial charge in [0.05, 0.1) is 6.26 Å². The van der Waals surface area contributed by atoms with E-state index in [9.17, 15) is 0 Å². The molecule has 0 saturated carbocycles. The van der Waals surface area contributed by atoms with Crippen molar-refractivity contribution in [1.29, 1.82) is 0 Å². The van der Waals surface area contributed by atoms with Gasteiger partial charge in [-0.25, -0.2) is 0 Å². The first kappa shape index (κ1) is 20.0. The lowest BCUT2D eigenvalue weighted by Gasteiger charge is -2.11. The molecule has 0 bridgehead atoms. The molecule has 2 heterocycles. The molecular weight excluding hydrogens is 352 g/mol. The second-order valence-corrected chi connectivity index (χ2v) is 6.79. The zero-order chi connectivity index (χ0) is 19.6. The second-order valence-electron chi connectivity index (χ2n) is 6.79. The summed E-state index contributed by atoms with van der Waals surface area (Å²) >= 11 is 0. The van der Waals surface area contributed by atoms with E-state index in [1.165, 1.54) is 22.0 Å². The number of nitrogens with one attached hydrogen (secondary N) is 3.